The van der Waals surface area contributed by atoms with Gasteiger partial charge in [0.15, 0.2) is 28.1 Å². The lowest BCUT2D eigenvalue weighted by molar-refractivity contribution is -0.141. The Hall–Kier alpha value is -4.23. The van der Waals surface area contributed by atoms with Crippen LogP contribution in [0.1, 0.15) is 34.3 Å². The van der Waals surface area contributed by atoms with Crippen molar-refractivity contribution < 1.29 is 43.1 Å². The van der Waals surface area contributed by atoms with Crippen molar-refractivity contribution in [3.05, 3.63) is 52.0 Å². The fourth-order valence-corrected chi connectivity index (χ4v) is 7.26. The number of esters is 1. The van der Waals surface area contributed by atoms with Crippen LogP contribution in [0.4, 0.5) is 5.13 Å². The van der Waals surface area contributed by atoms with Gasteiger partial charge in [-0.3, -0.25) is 9.59 Å². The smallest absolute Gasteiger partial charge is 0.310 e. The molecule has 13 heteroatoms. The second-order valence-corrected chi connectivity index (χ2v) is 11.7. The number of amides is 1. The number of aromatic nitrogens is 1. The third kappa shape index (κ3) is 4.85. The van der Waals surface area contributed by atoms with Gasteiger partial charge < -0.3 is 43.7 Å². The fraction of sp³-hybridized carbons (Fsp3) is 0.433. The molecular formula is C30H31N3O9S. The molecule has 226 valence electrons. The molecule has 43 heavy (non-hydrogen) atoms. The number of nitrogens with zero attached hydrogens (tertiary/aromatic N) is 2. The van der Waals surface area contributed by atoms with Crippen LogP contribution in [0.3, 0.4) is 0 Å². The first kappa shape index (κ1) is 27.6. The van der Waals surface area contributed by atoms with Crippen molar-refractivity contribution in [2.75, 3.05) is 59.2 Å². The third-order valence-electron chi connectivity index (χ3n) is 8.58. The second-order valence-electron chi connectivity index (χ2n) is 10.8. The van der Waals surface area contributed by atoms with E-state index in [0.29, 0.717) is 48.6 Å². The van der Waals surface area contributed by atoms with E-state index in [4.69, 9.17) is 33.4 Å². The SMILES string of the molecule is COc1cc([C@@H]2c3cc4c(cc3[C@@H](Nc3nc(CC(=O)N5CCOCC5)cs3)[C@H]3COC(=O)[C@H]23)OCO4)cc(OC)c1O. The number of thiazole rings is 1. The average Bonchev–Trinajstić information content (AvgIpc) is 3.77. The summed E-state index contributed by atoms with van der Waals surface area (Å²) in [4.78, 5) is 32.7. The Bertz CT molecular complexity index is 1550. The van der Waals surface area contributed by atoms with Gasteiger partial charge in [-0.25, -0.2) is 4.98 Å². The largest absolute Gasteiger partial charge is 0.502 e. The molecule has 2 fully saturated rings. The number of cyclic esters (lactones) is 1. The highest BCUT2D eigenvalue weighted by molar-refractivity contribution is 7.13. The highest BCUT2D eigenvalue weighted by atomic mass is 32.1. The van der Waals surface area contributed by atoms with Crippen molar-refractivity contribution >= 4 is 28.3 Å². The van der Waals surface area contributed by atoms with Crippen molar-refractivity contribution in [1.82, 2.24) is 9.88 Å². The number of morpholine rings is 1. The first-order valence-corrected chi connectivity index (χ1v) is 14.9. The summed E-state index contributed by atoms with van der Waals surface area (Å²) in [5.74, 6) is 0.0261. The van der Waals surface area contributed by atoms with Gasteiger partial charge >= 0.3 is 5.97 Å². The molecule has 1 aromatic heterocycles. The quantitative estimate of drug-likeness (QED) is 0.382. The molecule has 0 unspecified atom stereocenters. The lowest BCUT2D eigenvalue weighted by Crippen LogP contribution is -2.41. The number of benzene rings is 2. The van der Waals surface area contributed by atoms with Crippen LogP contribution >= 0.6 is 11.3 Å². The predicted octanol–water partition coefficient (Wildman–Crippen LogP) is 3.08. The number of anilines is 1. The minimum atomic E-state index is -0.549. The second kappa shape index (κ2) is 11.1. The van der Waals surface area contributed by atoms with E-state index in [-0.39, 0.29) is 60.9 Å². The molecule has 2 aromatic carbocycles. The average molecular weight is 610 g/mol. The van der Waals surface area contributed by atoms with Gasteiger partial charge in [0, 0.05) is 30.3 Å². The summed E-state index contributed by atoms with van der Waals surface area (Å²) in [5, 5.41) is 16.7. The van der Waals surface area contributed by atoms with E-state index in [1.807, 2.05) is 17.5 Å². The number of methoxy groups -OCH3 is 2. The number of carbonyl (C=O) groups excluding carboxylic acids is 2. The van der Waals surface area contributed by atoms with Gasteiger partial charge in [0.1, 0.15) is 0 Å². The van der Waals surface area contributed by atoms with Crippen LogP contribution in [0, 0.1) is 11.8 Å². The van der Waals surface area contributed by atoms with Gasteiger partial charge in [-0.05, 0) is 41.0 Å². The number of fused-ring (bicyclic) bond motifs is 3. The van der Waals surface area contributed by atoms with Gasteiger partial charge in [0.05, 0.1) is 58.1 Å². The van der Waals surface area contributed by atoms with E-state index in [1.165, 1.54) is 25.6 Å². The number of phenolic OH excluding ortho intramolecular Hbond substituents is 1. The summed E-state index contributed by atoms with van der Waals surface area (Å²) in [6.45, 7) is 2.57. The van der Waals surface area contributed by atoms with E-state index in [9.17, 15) is 14.7 Å². The molecule has 0 bridgehead atoms. The Labute approximate surface area is 251 Å². The maximum Gasteiger partial charge on any atom is 0.310 e. The predicted molar refractivity (Wildman–Crippen MR) is 153 cm³/mol. The maximum atomic E-state index is 13.4. The standard InChI is InChI=1S/C30H31N3O9S/c1-37-22-7-15(8-23(38-2)28(22)35)25-17-10-20-21(42-14-41-20)11-18(17)27(19-12-40-29(36)26(19)25)32-30-31-16(13-43-30)9-24(34)33-3-5-39-6-4-33/h7-8,10-11,13,19,25-27,35H,3-6,9,12,14H2,1-2H3,(H,31,32)/t19-,25+,26-,27+/m0/s1. The topological polar surface area (TPSA) is 138 Å². The molecule has 1 aliphatic carbocycles. The molecule has 1 amide bonds. The van der Waals surface area contributed by atoms with Crippen LogP contribution in [0.5, 0.6) is 28.7 Å². The van der Waals surface area contributed by atoms with Crippen LogP contribution in [0.25, 0.3) is 0 Å². The fourth-order valence-electron chi connectivity index (χ4n) is 6.51. The number of rotatable bonds is 7. The molecule has 4 heterocycles. The molecule has 3 aromatic rings. The van der Waals surface area contributed by atoms with Gasteiger partial charge in [-0.15, -0.1) is 11.3 Å². The van der Waals surface area contributed by atoms with Crippen molar-refractivity contribution in [3.8, 4) is 28.7 Å². The van der Waals surface area contributed by atoms with Crippen LogP contribution in [-0.4, -0.2) is 80.8 Å². The minimum Gasteiger partial charge on any atom is -0.502 e. The summed E-state index contributed by atoms with van der Waals surface area (Å²) in [5.41, 5.74) is 3.19. The van der Waals surface area contributed by atoms with E-state index >= 15 is 0 Å². The molecule has 0 spiro atoms. The molecule has 3 aliphatic heterocycles. The van der Waals surface area contributed by atoms with Crippen molar-refractivity contribution in [1.29, 1.82) is 0 Å². The van der Waals surface area contributed by atoms with Crippen LogP contribution in [0.15, 0.2) is 29.6 Å². The van der Waals surface area contributed by atoms with Gasteiger partial charge in [-0.2, -0.15) is 0 Å². The van der Waals surface area contributed by atoms with E-state index in [0.717, 1.165) is 16.7 Å². The van der Waals surface area contributed by atoms with Crippen LogP contribution in [-0.2, 0) is 25.5 Å². The van der Waals surface area contributed by atoms with Crippen LogP contribution in [0.2, 0.25) is 0 Å². The summed E-state index contributed by atoms with van der Waals surface area (Å²) in [6, 6.07) is 6.98. The molecule has 4 atom stereocenters. The lowest BCUT2D eigenvalue weighted by Gasteiger charge is -2.39. The molecule has 2 saturated heterocycles. The molecule has 12 nitrogen and oxygen atoms in total. The van der Waals surface area contributed by atoms with E-state index in [2.05, 4.69) is 5.32 Å². The van der Waals surface area contributed by atoms with Gasteiger partial charge in [-0.1, -0.05) is 0 Å². The lowest BCUT2D eigenvalue weighted by atomic mass is 9.65. The molecule has 0 radical (unpaired) electrons. The first-order chi connectivity index (χ1) is 20.9. The Morgan fingerprint density at radius 3 is 2.47 bits per heavy atom. The Balaban J connectivity index is 1.26. The molecular weight excluding hydrogens is 578 g/mol. The Kier molecular flexibility index (Phi) is 7.14. The Morgan fingerprint density at radius 2 is 1.77 bits per heavy atom. The number of hydrogen-bond donors (Lipinski definition) is 2. The Morgan fingerprint density at radius 1 is 1.07 bits per heavy atom. The number of ether oxygens (including phenoxy) is 6. The highest BCUT2D eigenvalue weighted by Gasteiger charge is 2.53. The number of aromatic hydroxyl groups is 1. The first-order valence-electron chi connectivity index (χ1n) is 14.1. The number of phenols is 1. The minimum absolute atomic E-state index is 0.0216. The number of carbonyl (C=O) groups is 2. The third-order valence-corrected chi connectivity index (χ3v) is 9.40. The summed E-state index contributed by atoms with van der Waals surface area (Å²) in [7, 11) is 2.93. The summed E-state index contributed by atoms with van der Waals surface area (Å²) in [6.07, 6.45) is 0.207. The number of nitrogens with one attached hydrogen (secondary N) is 1. The highest BCUT2D eigenvalue weighted by Crippen LogP contribution is 2.56. The zero-order valence-corrected chi connectivity index (χ0v) is 24.5. The van der Waals surface area contributed by atoms with Crippen molar-refractivity contribution in [3.63, 3.8) is 0 Å². The summed E-state index contributed by atoms with van der Waals surface area (Å²) >= 11 is 1.42. The van der Waals surface area contributed by atoms with Crippen molar-refractivity contribution in [2.45, 2.75) is 18.4 Å². The molecule has 2 N–H and O–H groups in total. The molecule has 4 aliphatic rings. The van der Waals surface area contributed by atoms with Crippen LogP contribution < -0.4 is 24.3 Å². The zero-order valence-electron chi connectivity index (χ0n) is 23.7. The van der Waals surface area contributed by atoms with Gasteiger partial charge in [0.2, 0.25) is 18.4 Å². The maximum absolute atomic E-state index is 13.4. The summed E-state index contributed by atoms with van der Waals surface area (Å²) < 4.78 is 33.4. The normalized spacial score (nSPS) is 23.8. The number of hydrogen-bond acceptors (Lipinski definition) is 12. The van der Waals surface area contributed by atoms with Gasteiger partial charge in [0.25, 0.3) is 0 Å². The molecule has 7 rings (SSSR count). The van der Waals surface area contributed by atoms with Crippen molar-refractivity contribution in [2.24, 2.45) is 11.8 Å². The molecule has 0 saturated carbocycles. The van der Waals surface area contributed by atoms with E-state index in [1.54, 1.807) is 17.0 Å². The van der Waals surface area contributed by atoms with E-state index < -0.39 is 11.8 Å². The monoisotopic (exact) mass is 609 g/mol. The zero-order chi connectivity index (χ0) is 29.7.